The Bertz CT molecular complexity index is 972. The van der Waals surface area contributed by atoms with Crippen LogP contribution in [0, 0.1) is 6.92 Å². The van der Waals surface area contributed by atoms with E-state index in [1.165, 1.54) is 11.8 Å². The van der Waals surface area contributed by atoms with Gasteiger partial charge in [-0.15, -0.1) is 10.2 Å². The number of thioether (sulfide) groups is 1. The summed E-state index contributed by atoms with van der Waals surface area (Å²) >= 11 is 1.39. The van der Waals surface area contributed by atoms with Crippen molar-refractivity contribution in [3.63, 3.8) is 0 Å². The minimum Gasteiger partial charge on any atom is -0.496 e. The molecular formula is C22H26N4O2S. The largest absolute Gasteiger partial charge is 0.496 e. The molecule has 0 aliphatic carbocycles. The molecule has 1 aromatic heterocycles. The van der Waals surface area contributed by atoms with Crippen LogP contribution in [0.3, 0.4) is 0 Å². The van der Waals surface area contributed by atoms with Crippen molar-refractivity contribution in [2.75, 3.05) is 12.9 Å². The average Bonchev–Trinajstić information content (AvgIpc) is 3.15. The second kappa shape index (κ2) is 9.60. The summed E-state index contributed by atoms with van der Waals surface area (Å²) in [4.78, 5) is 12.5. The van der Waals surface area contributed by atoms with Crippen LogP contribution in [0.4, 0.5) is 0 Å². The monoisotopic (exact) mass is 410 g/mol. The molecule has 29 heavy (non-hydrogen) atoms. The Morgan fingerprint density at radius 3 is 2.66 bits per heavy atom. The highest BCUT2D eigenvalue weighted by atomic mass is 32.2. The summed E-state index contributed by atoms with van der Waals surface area (Å²) in [5, 5.41) is 12.4. The van der Waals surface area contributed by atoms with Gasteiger partial charge >= 0.3 is 0 Å². The topological polar surface area (TPSA) is 69.0 Å². The van der Waals surface area contributed by atoms with Crippen LogP contribution in [-0.2, 0) is 11.3 Å². The molecule has 1 heterocycles. The van der Waals surface area contributed by atoms with E-state index in [-0.39, 0.29) is 17.7 Å². The van der Waals surface area contributed by atoms with Crippen molar-refractivity contribution in [2.24, 2.45) is 0 Å². The molecule has 1 atom stereocenters. The molecule has 3 aromatic rings. The molecule has 7 heteroatoms. The van der Waals surface area contributed by atoms with Crippen molar-refractivity contribution in [1.82, 2.24) is 20.1 Å². The van der Waals surface area contributed by atoms with E-state index < -0.39 is 0 Å². The Morgan fingerprint density at radius 1 is 1.21 bits per heavy atom. The van der Waals surface area contributed by atoms with Crippen LogP contribution in [0.5, 0.6) is 5.75 Å². The van der Waals surface area contributed by atoms with Gasteiger partial charge in [0.25, 0.3) is 0 Å². The third-order valence-electron chi connectivity index (χ3n) is 4.63. The number of ether oxygens (including phenoxy) is 1. The number of hydrogen-bond donors (Lipinski definition) is 1. The average molecular weight is 411 g/mol. The molecule has 0 fully saturated rings. The maximum Gasteiger partial charge on any atom is 0.230 e. The lowest BCUT2D eigenvalue weighted by Crippen LogP contribution is -2.28. The van der Waals surface area contributed by atoms with E-state index in [0.717, 1.165) is 40.0 Å². The molecule has 1 amide bonds. The number of amides is 1. The fourth-order valence-corrected chi connectivity index (χ4v) is 3.98. The Hall–Kier alpha value is -2.80. The van der Waals surface area contributed by atoms with Gasteiger partial charge in [-0.3, -0.25) is 4.79 Å². The number of carbonyl (C=O) groups is 1. The summed E-state index contributed by atoms with van der Waals surface area (Å²) in [5.41, 5.74) is 3.10. The number of hydrogen-bond acceptors (Lipinski definition) is 5. The quantitative estimate of drug-likeness (QED) is 0.562. The van der Waals surface area contributed by atoms with Crippen LogP contribution in [0.2, 0.25) is 0 Å². The zero-order valence-electron chi connectivity index (χ0n) is 17.2. The number of aromatic nitrogens is 3. The lowest BCUT2D eigenvalue weighted by atomic mass is 10.0. The van der Waals surface area contributed by atoms with E-state index in [9.17, 15) is 4.79 Å². The zero-order chi connectivity index (χ0) is 20.8. The van der Waals surface area contributed by atoms with Gasteiger partial charge in [0.2, 0.25) is 5.91 Å². The third kappa shape index (κ3) is 4.98. The summed E-state index contributed by atoms with van der Waals surface area (Å²) in [6.45, 7) is 6.77. The van der Waals surface area contributed by atoms with Gasteiger partial charge < -0.3 is 14.6 Å². The predicted molar refractivity (Wildman–Crippen MR) is 116 cm³/mol. The molecule has 3 rings (SSSR count). The van der Waals surface area contributed by atoms with E-state index in [4.69, 9.17) is 4.74 Å². The number of benzene rings is 2. The first-order valence-corrected chi connectivity index (χ1v) is 10.6. The van der Waals surface area contributed by atoms with Gasteiger partial charge in [0.1, 0.15) is 5.75 Å². The van der Waals surface area contributed by atoms with Crippen molar-refractivity contribution in [2.45, 2.75) is 38.5 Å². The first kappa shape index (κ1) is 20.9. The Labute approximate surface area is 175 Å². The molecule has 0 saturated heterocycles. The Kier molecular flexibility index (Phi) is 6.93. The molecule has 0 spiro atoms. The van der Waals surface area contributed by atoms with Gasteiger partial charge in [0, 0.05) is 17.7 Å². The fourth-order valence-electron chi connectivity index (χ4n) is 3.16. The lowest BCUT2D eigenvalue weighted by molar-refractivity contribution is -0.119. The van der Waals surface area contributed by atoms with E-state index >= 15 is 0 Å². The predicted octanol–water partition coefficient (Wildman–Crippen LogP) is 4.25. The van der Waals surface area contributed by atoms with Gasteiger partial charge in [0.15, 0.2) is 11.0 Å². The first-order valence-electron chi connectivity index (χ1n) is 9.58. The van der Waals surface area contributed by atoms with E-state index in [1.807, 2.05) is 73.9 Å². The number of aryl methyl sites for hydroxylation is 1. The molecule has 0 aliphatic rings. The molecule has 2 aromatic carbocycles. The highest BCUT2D eigenvalue weighted by Gasteiger charge is 2.17. The first-order chi connectivity index (χ1) is 14.0. The molecule has 0 radical (unpaired) electrons. The third-order valence-corrected chi connectivity index (χ3v) is 5.59. The van der Waals surface area contributed by atoms with Crippen molar-refractivity contribution in [3.8, 4) is 17.1 Å². The van der Waals surface area contributed by atoms with E-state index in [1.54, 1.807) is 7.11 Å². The summed E-state index contributed by atoms with van der Waals surface area (Å²) in [6.07, 6.45) is 0. The molecule has 6 nitrogen and oxygen atoms in total. The van der Waals surface area contributed by atoms with Gasteiger partial charge in [0.05, 0.1) is 18.9 Å². The van der Waals surface area contributed by atoms with Crippen LogP contribution in [0.1, 0.15) is 31.0 Å². The van der Waals surface area contributed by atoms with Gasteiger partial charge in [-0.2, -0.15) is 0 Å². The molecule has 0 saturated carbocycles. The maximum absolute atomic E-state index is 12.5. The summed E-state index contributed by atoms with van der Waals surface area (Å²) in [5.74, 6) is 1.80. The minimum atomic E-state index is -0.151. The maximum atomic E-state index is 12.5. The summed E-state index contributed by atoms with van der Waals surface area (Å²) in [7, 11) is 1.64. The van der Waals surface area contributed by atoms with Crippen LogP contribution in [-0.4, -0.2) is 33.5 Å². The molecule has 0 unspecified atom stereocenters. The molecular weight excluding hydrogens is 384 g/mol. The summed E-state index contributed by atoms with van der Waals surface area (Å²) < 4.78 is 7.46. The van der Waals surface area contributed by atoms with Crippen LogP contribution in [0.15, 0.2) is 53.7 Å². The van der Waals surface area contributed by atoms with Crippen LogP contribution >= 0.6 is 11.8 Å². The number of methoxy groups -OCH3 is 1. The fraction of sp³-hybridized carbons (Fsp3) is 0.318. The Balaban J connectivity index is 1.66. The number of rotatable bonds is 8. The second-order valence-corrected chi connectivity index (χ2v) is 7.68. The van der Waals surface area contributed by atoms with Crippen molar-refractivity contribution in [3.05, 3.63) is 59.7 Å². The lowest BCUT2D eigenvalue weighted by Gasteiger charge is -2.18. The van der Waals surface area contributed by atoms with Crippen LogP contribution in [0.25, 0.3) is 11.4 Å². The highest BCUT2D eigenvalue weighted by Crippen LogP contribution is 2.27. The van der Waals surface area contributed by atoms with Crippen molar-refractivity contribution >= 4 is 17.7 Å². The number of nitrogens with one attached hydrogen (secondary N) is 1. The number of carbonyl (C=O) groups excluding carboxylic acids is 1. The Morgan fingerprint density at radius 2 is 1.97 bits per heavy atom. The van der Waals surface area contributed by atoms with Crippen molar-refractivity contribution < 1.29 is 9.53 Å². The van der Waals surface area contributed by atoms with Crippen molar-refractivity contribution in [1.29, 1.82) is 0 Å². The number of nitrogens with zero attached hydrogens (tertiary/aromatic N) is 3. The van der Waals surface area contributed by atoms with Crippen LogP contribution < -0.4 is 10.1 Å². The molecule has 152 valence electrons. The van der Waals surface area contributed by atoms with Gasteiger partial charge in [-0.05, 0) is 26.8 Å². The van der Waals surface area contributed by atoms with Gasteiger partial charge in [-0.1, -0.05) is 59.8 Å². The standard InChI is InChI=1S/C22H26N4O2S/c1-5-26-21(17-9-7-6-8-10-17)24-25-22(26)29-14-20(27)23-16(3)18-13-15(2)11-12-19(18)28-4/h6-13,16H,5,14H2,1-4H3,(H,23,27)/t16-/m1/s1. The smallest absolute Gasteiger partial charge is 0.230 e. The zero-order valence-corrected chi connectivity index (χ0v) is 18.0. The molecule has 0 aliphatic heterocycles. The van der Waals surface area contributed by atoms with Gasteiger partial charge in [-0.25, -0.2) is 0 Å². The highest BCUT2D eigenvalue weighted by molar-refractivity contribution is 7.99. The van der Waals surface area contributed by atoms with E-state index in [0.29, 0.717) is 0 Å². The molecule has 0 bridgehead atoms. The summed E-state index contributed by atoms with van der Waals surface area (Å²) in [6, 6.07) is 15.8. The SMILES string of the molecule is CCn1c(SCC(=O)N[C@H](C)c2cc(C)ccc2OC)nnc1-c1ccccc1. The second-order valence-electron chi connectivity index (χ2n) is 6.74. The molecule has 1 N–H and O–H groups in total. The van der Waals surface area contributed by atoms with E-state index in [2.05, 4.69) is 15.5 Å². The normalized spacial score (nSPS) is 11.9. The minimum absolute atomic E-state index is 0.0574.